The molecule has 0 aromatic heterocycles. The molecule has 0 aromatic rings. The highest BCUT2D eigenvalue weighted by molar-refractivity contribution is 5.71. The number of hydrogen-bond acceptors (Lipinski definition) is 4. The quantitative estimate of drug-likeness (QED) is 0.671. The lowest BCUT2D eigenvalue weighted by atomic mass is 10.1. The van der Waals surface area contributed by atoms with Crippen LogP contribution in [0.4, 0.5) is 0 Å². The van der Waals surface area contributed by atoms with Gasteiger partial charge in [0, 0.05) is 25.7 Å². The van der Waals surface area contributed by atoms with Crippen molar-refractivity contribution < 1.29 is 9.53 Å². The third-order valence-corrected chi connectivity index (χ3v) is 3.05. The Hall–Kier alpha value is -0.610. The molecule has 0 N–H and O–H groups in total. The second-order valence-corrected chi connectivity index (χ2v) is 4.82. The monoisotopic (exact) mass is 228 g/mol. The van der Waals surface area contributed by atoms with Gasteiger partial charge >= 0.3 is 5.97 Å². The minimum absolute atomic E-state index is 0.0121. The molecular weight excluding hydrogens is 204 g/mol. The van der Waals surface area contributed by atoms with E-state index in [4.69, 9.17) is 4.74 Å². The molecule has 0 aliphatic carbocycles. The van der Waals surface area contributed by atoms with Gasteiger partial charge in [-0.2, -0.15) is 0 Å². The summed E-state index contributed by atoms with van der Waals surface area (Å²) in [6.45, 7) is 9.36. The molecule has 1 unspecified atom stereocenters. The van der Waals surface area contributed by atoms with Crippen molar-refractivity contribution in [2.75, 3.05) is 33.2 Å². The molecule has 1 heterocycles. The molecule has 1 atom stereocenters. The highest BCUT2D eigenvalue weighted by atomic mass is 16.5. The molecule has 0 aromatic carbocycles. The second-order valence-electron chi connectivity index (χ2n) is 4.82. The van der Waals surface area contributed by atoms with Gasteiger partial charge in [0.1, 0.15) is 0 Å². The average molecular weight is 228 g/mol. The zero-order valence-corrected chi connectivity index (χ0v) is 10.9. The molecule has 1 rings (SSSR count). The smallest absolute Gasteiger partial charge is 0.320 e. The van der Waals surface area contributed by atoms with E-state index >= 15 is 0 Å². The SMILES string of the molecule is CCC1CN(CC(=O)OC(C)C)CCN1C. The minimum Gasteiger partial charge on any atom is -0.462 e. The van der Waals surface area contributed by atoms with E-state index in [1.807, 2.05) is 13.8 Å². The fourth-order valence-electron chi connectivity index (χ4n) is 2.08. The van der Waals surface area contributed by atoms with Crippen molar-refractivity contribution in [1.82, 2.24) is 9.80 Å². The van der Waals surface area contributed by atoms with Crippen molar-refractivity contribution in [1.29, 1.82) is 0 Å². The Morgan fingerprint density at radius 2 is 2.12 bits per heavy atom. The van der Waals surface area contributed by atoms with E-state index in [0.717, 1.165) is 26.1 Å². The van der Waals surface area contributed by atoms with Crippen LogP contribution >= 0.6 is 0 Å². The van der Waals surface area contributed by atoms with Gasteiger partial charge in [-0.25, -0.2) is 0 Å². The number of ether oxygens (including phenoxy) is 1. The summed E-state index contributed by atoms with van der Waals surface area (Å²) in [6.07, 6.45) is 1.12. The standard InChI is InChI=1S/C12H24N2O2/c1-5-11-8-14(7-6-13(11)4)9-12(15)16-10(2)3/h10-11H,5-9H2,1-4H3. The number of nitrogens with zero attached hydrogens (tertiary/aromatic N) is 2. The Labute approximate surface area is 98.5 Å². The molecule has 0 amide bonds. The number of esters is 1. The first-order chi connectivity index (χ1) is 7.52. The number of carbonyl (C=O) groups excluding carboxylic acids is 1. The van der Waals surface area contributed by atoms with E-state index in [0.29, 0.717) is 12.6 Å². The highest BCUT2D eigenvalue weighted by Crippen LogP contribution is 2.10. The van der Waals surface area contributed by atoms with Crippen molar-refractivity contribution in [3.8, 4) is 0 Å². The van der Waals surface area contributed by atoms with Gasteiger partial charge in [0.15, 0.2) is 0 Å². The lowest BCUT2D eigenvalue weighted by Crippen LogP contribution is -2.52. The summed E-state index contributed by atoms with van der Waals surface area (Å²) in [4.78, 5) is 16.1. The molecule has 16 heavy (non-hydrogen) atoms. The number of piperazine rings is 1. The number of rotatable bonds is 4. The van der Waals surface area contributed by atoms with Gasteiger partial charge in [0.2, 0.25) is 0 Å². The molecule has 4 nitrogen and oxygen atoms in total. The molecule has 4 heteroatoms. The normalized spacial score (nSPS) is 23.7. The summed E-state index contributed by atoms with van der Waals surface area (Å²) in [5.74, 6) is -0.102. The maximum Gasteiger partial charge on any atom is 0.320 e. The van der Waals surface area contributed by atoms with E-state index in [2.05, 4.69) is 23.8 Å². The molecule has 94 valence electrons. The van der Waals surface area contributed by atoms with Crippen LogP contribution < -0.4 is 0 Å². The van der Waals surface area contributed by atoms with E-state index in [1.54, 1.807) is 0 Å². The Kier molecular flexibility index (Phi) is 5.22. The highest BCUT2D eigenvalue weighted by Gasteiger charge is 2.24. The Bertz CT molecular complexity index is 231. The average Bonchev–Trinajstić information content (AvgIpc) is 2.19. The second kappa shape index (κ2) is 6.21. The van der Waals surface area contributed by atoms with E-state index in [9.17, 15) is 4.79 Å². The summed E-state index contributed by atoms with van der Waals surface area (Å²) in [5.41, 5.74) is 0. The minimum atomic E-state index is -0.102. The van der Waals surface area contributed by atoms with Crippen LogP contribution in [0.5, 0.6) is 0 Å². The molecule has 0 radical (unpaired) electrons. The summed E-state index contributed by atoms with van der Waals surface area (Å²) < 4.78 is 5.15. The summed E-state index contributed by atoms with van der Waals surface area (Å²) >= 11 is 0. The first-order valence-electron chi connectivity index (χ1n) is 6.15. The molecule has 0 saturated carbocycles. The lowest BCUT2D eigenvalue weighted by molar-refractivity contribution is -0.149. The van der Waals surface area contributed by atoms with Gasteiger partial charge < -0.3 is 9.64 Å². The third kappa shape index (κ3) is 4.10. The van der Waals surface area contributed by atoms with Gasteiger partial charge in [-0.3, -0.25) is 9.69 Å². The molecule has 1 aliphatic heterocycles. The fraction of sp³-hybridized carbons (Fsp3) is 0.917. The van der Waals surface area contributed by atoms with Crippen LogP contribution in [0.3, 0.4) is 0 Å². The Morgan fingerprint density at radius 1 is 1.44 bits per heavy atom. The largest absolute Gasteiger partial charge is 0.462 e. The number of carbonyl (C=O) groups is 1. The lowest BCUT2D eigenvalue weighted by Gasteiger charge is -2.38. The zero-order valence-electron chi connectivity index (χ0n) is 10.9. The van der Waals surface area contributed by atoms with Crippen molar-refractivity contribution in [3.05, 3.63) is 0 Å². The third-order valence-electron chi connectivity index (χ3n) is 3.05. The first kappa shape index (κ1) is 13.5. The van der Waals surface area contributed by atoms with Crippen molar-refractivity contribution in [2.45, 2.75) is 39.3 Å². The predicted molar refractivity (Wildman–Crippen MR) is 64.4 cm³/mol. The topological polar surface area (TPSA) is 32.8 Å². The summed E-state index contributed by atoms with van der Waals surface area (Å²) in [5, 5.41) is 0. The van der Waals surface area contributed by atoms with Gasteiger partial charge in [-0.1, -0.05) is 6.92 Å². The van der Waals surface area contributed by atoms with Gasteiger partial charge in [0.05, 0.1) is 12.6 Å². The Morgan fingerprint density at radius 3 is 2.69 bits per heavy atom. The van der Waals surface area contributed by atoms with Crippen LogP contribution in [0.1, 0.15) is 27.2 Å². The maximum atomic E-state index is 11.5. The zero-order chi connectivity index (χ0) is 12.1. The molecule has 0 spiro atoms. The summed E-state index contributed by atoms with van der Waals surface area (Å²) in [6, 6.07) is 0.570. The van der Waals surface area contributed by atoms with Crippen LogP contribution in [-0.4, -0.2) is 61.1 Å². The molecule has 0 bridgehead atoms. The van der Waals surface area contributed by atoms with Gasteiger partial charge in [-0.15, -0.1) is 0 Å². The van der Waals surface area contributed by atoms with Crippen molar-refractivity contribution in [2.24, 2.45) is 0 Å². The Balaban J connectivity index is 2.35. The predicted octanol–water partition coefficient (Wildman–Crippen LogP) is 0.964. The van der Waals surface area contributed by atoms with Gasteiger partial charge in [0.25, 0.3) is 0 Å². The van der Waals surface area contributed by atoms with Crippen molar-refractivity contribution >= 4 is 5.97 Å². The maximum absolute atomic E-state index is 11.5. The number of likely N-dealkylation sites (N-methyl/N-ethyl adjacent to an activating group) is 1. The molecular formula is C12H24N2O2. The molecule has 1 saturated heterocycles. The van der Waals surface area contributed by atoms with Crippen LogP contribution in [0.2, 0.25) is 0 Å². The van der Waals surface area contributed by atoms with Crippen LogP contribution in [0.25, 0.3) is 0 Å². The van der Waals surface area contributed by atoms with E-state index in [-0.39, 0.29) is 12.1 Å². The van der Waals surface area contributed by atoms with E-state index < -0.39 is 0 Å². The molecule has 1 aliphatic rings. The number of hydrogen-bond donors (Lipinski definition) is 0. The van der Waals surface area contributed by atoms with Gasteiger partial charge in [-0.05, 0) is 27.3 Å². The fourth-order valence-corrected chi connectivity index (χ4v) is 2.08. The van der Waals surface area contributed by atoms with Crippen LogP contribution in [-0.2, 0) is 9.53 Å². The first-order valence-corrected chi connectivity index (χ1v) is 6.15. The van der Waals surface area contributed by atoms with Crippen molar-refractivity contribution in [3.63, 3.8) is 0 Å². The summed E-state index contributed by atoms with van der Waals surface area (Å²) in [7, 11) is 2.15. The van der Waals surface area contributed by atoms with Crippen LogP contribution in [0.15, 0.2) is 0 Å². The van der Waals surface area contributed by atoms with Crippen LogP contribution in [0, 0.1) is 0 Å². The van der Waals surface area contributed by atoms with E-state index in [1.165, 1.54) is 0 Å². The molecule has 1 fully saturated rings.